The number of anilines is 1. The van der Waals surface area contributed by atoms with Crippen molar-refractivity contribution in [2.24, 2.45) is 5.73 Å². The zero-order chi connectivity index (χ0) is 13.1. The third kappa shape index (κ3) is 2.51. The minimum absolute atomic E-state index is 0.0753. The molecule has 0 aliphatic heterocycles. The van der Waals surface area contributed by atoms with Gasteiger partial charge in [0.25, 0.3) is 0 Å². The average molecular weight is 310 g/mol. The van der Waals surface area contributed by atoms with Crippen molar-refractivity contribution in [1.29, 1.82) is 5.26 Å². The van der Waals surface area contributed by atoms with Gasteiger partial charge in [-0.05, 0) is 41.4 Å². The van der Waals surface area contributed by atoms with Crippen molar-refractivity contribution < 1.29 is 4.74 Å². The molecule has 4 nitrogen and oxygen atoms in total. The van der Waals surface area contributed by atoms with Crippen LogP contribution in [0.25, 0.3) is 0 Å². The summed E-state index contributed by atoms with van der Waals surface area (Å²) in [6.07, 6.45) is 0.997. The highest BCUT2D eigenvalue weighted by Crippen LogP contribution is 2.30. The largest absolute Gasteiger partial charge is 0.377 e. The summed E-state index contributed by atoms with van der Waals surface area (Å²) >= 11 is 3.37. The van der Waals surface area contributed by atoms with Crippen LogP contribution in [0, 0.1) is 11.3 Å². The molecule has 0 amide bonds. The van der Waals surface area contributed by atoms with Crippen LogP contribution in [-0.2, 0) is 4.74 Å². The van der Waals surface area contributed by atoms with Gasteiger partial charge >= 0.3 is 0 Å². The summed E-state index contributed by atoms with van der Waals surface area (Å²) in [6.45, 7) is 2.65. The molecule has 1 saturated carbocycles. The van der Waals surface area contributed by atoms with Gasteiger partial charge in [0.1, 0.15) is 6.07 Å². The van der Waals surface area contributed by atoms with Crippen LogP contribution in [0.5, 0.6) is 0 Å². The fraction of sp³-hybridized carbons (Fsp3) is 0.462. The van der Waals surface area contributed by atoms with E-state index in [-0.39, 0.29) is 18.2 Å². The summed E-state index contributed by atoms with van der Waals surface area (Å²) in [5.74, 6) is 0. The molecule has 1 aliphatic rings. The molecular weight excluding hydrogens is 294 g/mol. The minimum atomic E-state index is 0.0753. The van der Waals surface area contributed by atoms with Crippen molar-refractivity contribution in [3.8, 4) is 6.07 Å². The van der Waals surface area contributed by atoms with E-state index in [2.05, 4.69) is 27.3 Å². The lowest BCUT2D eigenvalue weighted by Crippen LogP contribution is -2.60. The molecule has 0 aromatic heterocycles. The van der Waals surface area contributed by atoms with Gasteiger partial charge < -0.3 is 15.8 Å². The van der Waals surface area contributed by atoms with E-state index in [1.807, 2.05) is 25.1 Å². The molecule has 3 unspecified atom stereocenters. The number of ether oxygens (including phenoxy) is 1. The van der Waals surface area contributed by atoms with Crippen LogP contribution in [0.4, 0.5) is 5.69 Å². The summed E-state index contributed by atoms with van der Waals surface area (Å²) in [4.78, 5) is 0. The van der Waals surface area contributed by atoms with Gasteiger partial charge in [-0.15, -0.1) is 0 Å². The molecule has 3 N–H and O–H groups in total. The average Bonchev–Trinajstić information content (AvgIpc) is 2.36. The molecule has 18 heavy (non-hydrogen) atoms. The lowest BCUT2D eigenvalue weighted by molar-refractivity contribution is -0.0126. The van der Waals surface area contributed by atoms with E-state index in [9.17, 15) is 0 Å². The van der Waals surface area contributed by atoms with Gasteiger partial charge in [0.05, 0.1) is 23.4 Å². The van der Waals surface area contributed by atoms with E-state index in [4.69, 9.17) is 15.7 Å². The van der Waals surface area contributed by atoms with Crippen molar-refractivity contribution in [3.63, 3.8) is 0 Å². The van der Waals surface area contributed by atoms with Crippen LogP contribution in [0.3, 0.4) is 0 Å². The molecule has 3 atom stereocenters. The first-order valence-corrected chi connectivity index (χ1v) is 6.79. The Labute approximate surface area is 115 Å². The molecule has 0 heterocycles. The molecular formula is C13H16BrN3O. The maximum Gasteiger partial charge on any atom is 0.103 e. The molecule has 1 aromatic carbocycles. The summed E-state index contributed by atoms with van der Waals surface area (Å²) in [6, 6.07) is 7.97. The predicted octanol–water partition coefficient (Wildman–Crippen LogP) is 2.24. The number of hydrogen-bond acceptors (Lipinski definition) is 4. The Hall–Kier alpha value is -1.09. The summed E-state index contributed by atoms with van der Waals surface area (Å²) in [7, 11) is 0. The van der Waals surface area contributed by atoms with Crippen LogP contribution >= 0.6 is 15.9 Å². The number of rotatable bonds is 4. The smallest absolute Gasteiger partial charge is 0.103 e. The van der Waals surface area contributed by atoms with E-state index in [0.29, 0.717) is 12.2 Å². The Balaban J connectivity index is 2.14. The van der Waals surface area contributed by atoms with E-state index >= 15 is 0 Å². The summed E-state index contributed by atoms with van der Waals surface area (Å²) < 4.78 is 6.39. The molecule has 1 aliphatic carbocycles. The fourth-order valence-corrected chi connectivity index (χ4v) is 2.62. The van der Waals surface area contributed by atoms with Crippen LogP contribution in [-0.4, -0.2) is 24.8 Å². The zero-order valence-electron chi connectivity index (χ0n) is 10.2. The zero-order valence-corrected chi connectivity index (χ0v) is 11.8. The number of nitriles is 1. The van der Waals surface area contributed by atoms with Gasteiger partial charge in [0.15, 0.2) is 0 Å². The topological polar surface area (TPSA) is 71.1 Å². The molecule has 2 rings (SSSR count). The second kappa shape index (κ2) is 5.70. The fourth-order valence-electron chi connectivity index (χ4n) is 2.16. The predicted molar refractivity (Wildman–Crippen MR) is 74.3 cm³/mol. The number of nitrogens with two attached hydrogens (primary N) is 1. The van der Waals surface area contributed by atoms with Gasteiger partial charge in [0.2, 0.25) is 0 Å². The first-order valence-electron chi connectivity index (χ1n) is 5.99. The molecule has 0 spiro atoms. The maximum absolute atomic E-state index is 9.16. The Morgan fingerprint density at radius 1 is 1.61 bits per heavy atom. The highest BCUT2D eigenvalue weighted by molar-refractivity contribution is 9.10. The third-order valence-electron chi connectivity index (χ3n) is 3.19. The minimum Gasteiger partial charge on any atom is -0.377 e. The van der Waals surface area contributed by atoms with E-state index in [1.165, 1.54) is 0 Å². The third-order valence-corrected chi connectivity index (χ3v) is 3.86. The van der Waals surface area contributed by atoms with Crippen molar-refractivity contribution in [3.05, 3.63) is 28.2 Å². The summed E-state index contributed by atoms with van der Waals surface area (Å²) in [5.41, 5.74) is 7.39. The van der Waals surface area contributed by atoms with Gasteiger partial charge in [-0.25, -0.2) is 0 Å². The standard InChI is InChI=1S/C13H16BrN3O/c1-2-18-12-6-10(16)13(12)17-11-5-3-4-9(14)8(11)7-15/h3-5,10,12-13,17H,2,6,16H2,1H3. The van der Waals surface area contributed by atoms with Crippen molar-refractivity contribution in [2.45, 2.75) is 31.5 Å². The molecule has 0 saturated heterocycles. The first-order chi connectivity index (χ1) is 8.67. The Morgan fingerprint density at radius 3 is 3.00 bits per heavy atom. The molecule has 96 valence electrons. The highest BCUT2D eigenvalue weighted by atomic mass is 79.9. The Morgan fingerprint density at radius 2 is 2.39 bits per heavy atom. The van der Waals surface area contributed by atoms with E-state index in [1.54, 1.807) is 0 Å². The van der Waals surface area contributed by atoms with Gasteiger partial charge in [0, 0.05) is 17.1 Å². The van der Waals surface area contributed by atoms with E-state index < -0.39 is 0 Å². The molecule has 1 fully saturated rings. The lowest BCUT2D eigenvalue weighted by Gasteiger charge is -2.43. The summed E-state index contributed by atoms with van der Waals surface area (Å²) in [5, 5.41) is 12.5. The molecule has 0 bridgehead atoms. The van der Waals surface area contributed by atoms with E-state index in [0.717, 1.165) is 16.6 Å². The van der Waals surface area contributed by atoms with Gasteiger partial charge in [-0.3, -0.25) is 0 Å². The van der Waals surface area contributed by atoms with Crippen LogP contribution < -0.4 is 11.1 Å². The molecule has 1 aromatic rings. The number of halogens is 1. The number of benzene rings is 1. The Kier molecular flexibility index (Phi) is 4.23. The Bertz CT molecular complexity index is 470. The molecule has 0 radical (unpaired) electrons. The number of hydrogen-bond donors (Lipinski definition) is 2. The second-order valence-electron chi connectivity index (χ2n) is 4.34. The van der Waals surface area contributed by atoms with Crippen LogP contribution in [0.15, 0.2) is 22.7 Å². The van der Waals surface area contributed by atoms with Gasteiger partial charge in [-0.1, -0.05) is 6.07 Å². The normalized spacial score (nSPS) is 26.2. The quantitative estimate of drug-likeness (QED) is 0.895. The van der Waals surface area contributed by atoms with Gasteiger partial charge in [-0.2, -0.15) is 5.26 Å². The number of nitrogens with one attached hydrogen (secondary N) is 1. The number of nitrogens with zero attached hydrogens (tertiary/aromatic N) is 1. The monoisotopic (exact) mass is 309 g/mol. The lowest BCUT2D eigenvalue weighted by atomic mass is 9.83. The first kappa shape index (κ1) is 13.3. The maximum atomic E-state index is 9.16. The second-order valence-corrected chi connectivity index (χ2v) is 5.19. The van der Waals surface area contributed by atoms with Crippen LogP contribution in [0.2, 0.25) is 0 Å². The van der Waals surface area contributed by atoms with Crippen molar-refractivity contribution in [2.75, 3.05) is 11.9 Å². The van der Waals surface area contributed by atoms with Crippen LogP contribution in [0.1, 0.15) is 18.9 Å². The van der Waals surface area contributed by atoms with Crippen molar-refractivity contribution in [1.82, 2.24) is 0 Å². The SMILES string of the molecule is CCOC1CC(N)C1Nc1cccc(Br)c1C#N. The molecule has 5 heteroatoms. The highest BCUT2D eigenvalue weighted by Gasteiger charge is 2.39. The van der Waals surface area contributed by atoms with Crippen molar-refractivity contribution >= 4 is 21.6 Å².